The molecule has 1 aromatic rings. The fourth-order valence-corrected chi connectivity index (χ4v) is 2.75. The predicted octanol–water partition coefficient (Wildman–Crippen LogP) is 3.74. The van der Waals surface area contributed by atoms with Gasteiger partial charge in [0.25, 0.3) is 5.91 Å². The minimum atomic E-state index is -0.0283. The molecule has 17 heavy (non-hydrogen) atoms. The molecule has 0 saturated heterocycles. The first-order valence-electron chi connectivity index (χ1n) is 6.24. The summed E-state index contributed by atoms with van der Waals surface area (Å²) in [5, 5.41) is 3.07. The van der Waals surface area contributed by atoms with Crippen LogP contribution in [0.5, 0.6) is 0 Å². The number of carbonyl (C=O) groups excluding carboxylic acids is 1. The maximum atomic E-state index is 11.9. The van der Waals surface area contributed by atoms with E-state index < -0.39 is 0 Å². The molecule has 1 amide bonds. The molecule has 4 heteroatoms. The average Bonchev–Trinajstić information content (AvgIpc) is 2.77. The molecular formula is C13H18BrNO2. The lowest BCUT2D eigenvalue weighted by Crippen LogP contribution is -2.37. The van der Waals surface area contributed by atoms with Crippen LogP contribution in [0.15, 0.2) is 21.4 Å². The van der Waals surface area contributed by atoms with Crippen molar-refractivity contribution in [2.24, 2.45) is 5.92 Å². The zero-order valence-electron chi connectivity index (χ0n) is 10.0. The Balaban J connectivity index is 1.84. The summed E-state index contributed by atoms with van der Waals surface area (Å²) in [7, 11) is 0. The molecule has 0 aliphatic heterocycles. The van der Waals surface area contributed by atoms with Gasteiger partial charge >= 0.3 is 0 Å². The molecule has 0 aromatic carbocycles. The Labute approximate surface area is 110 Å². The number of halogens is 1. The maximum absolute atomic E-state index is 11.9. The zero-order valence-corrected chi connectivity index (χ0v) is 11.6. The van der Waals surface area contributed by atoms with Crippen molar-refractivity contribution in [3.05, 3.63) is 22.6 Å². The van der Waals surface area contributed by atoms with Gasteiger partial charge in [-0.05, 0) is 47.5 Å². The van der Waals surface area contributed by atoms with E-state index in [9.17, 15) is 4.79 Å². The highest BCUT2D eigenvalue weighted by Gasteiger charge is 2.22. The van der Waals surface area contributed by atoms with Gasteiger partial charge in [-0.2, -0.15) is 0 Å². The van der Waals surface area contributed by atoms with Gasteiger partial charge in [0, 0.05) is 12.1 Å². The summed E-state index contributed by atoms with van der Waals surface area (Å²) in [5.74, 6) is 0.825. The normalized spacial score (nSPS) is 24.6. The molecule has 0 atom stereocenters. The van der Waals surface area contributed by atoms with Crippen LogP contribution in [-0.2, 0) is 0 Å². The van der Waals surface area contributed by atoms with Crippen LogP contribution in [-0.4, -0.2) is 11.9 Å². The van der Waals surface area contributed by atoms with Crippen molar-refractivity contribution in [1.82, 2.24) is 5.32 Å². The monoisotopic (exact) mass is 299 g/mol. The highest BCUT2D eigenvalue weighted by Crippen LogP contribution is 2.26. The van der Waals surface area contributed by atoms with Gasteiger partial charge in [0.2, 0.25) is 0 Å². The lowest BCUT2D eigenvalue weighted by Gasteiger charge is -2.28. The molecule has 94 valence electrons. The van der Waals surface area contributed by atoms with E-state index >= 15 is 0 Å². The molecule has 0 bridgehead atoms. The summed E-state index contributed by atoms with van der Waals surface area (Å²) < 4.78 is 5.66. The van der Waals surface area contributed by atoms with Gasteiger partial charge in [-0.1, -0.05) is 13.3 Å². The Morgan fingerprint density at radius 2 is 2.18 bits per heavy atom. The number of hydrogen-bond acceptors (Lipinski definition) is 2. The first kappa shape index (κ1) is 12.7. The molecule has 2 rings (SSSR count). The standard InChI is InChI=1S/C13H18BrNO2/c1-2-9-3-5-11(6-4-9)15-13(16)10-7-12(14)17-8-10/h7-9,11H,2-6H2,1H3,(H,15,16). The van der Waals surface area contributed by atoms with Crippen LogP contribution in [0.1, 0.15) is 49.4 Å². The Kier molecular flexibility index (Phi) is 4.26. The maximum Gasteiger partial charge on any atom is 0.254 e. The molecule has 1 aliphatic rings. The molecule has 1 heterocycles. The average molecular weight is 300 g/mol. The minimum absolute atomic E-state index is 0.0283. The Hall–Kier alpha value is -0.770. The third-order valence-corrected chi connectivity index (χ3v) is 4.00. The van der Waals surface area contributed by atoms with E-state index in [4.69, 9.17) is 4.42 Å². The SMILES string of the molecule is CCC1CCC(NC(=O)c2coc(Br)c2)CC1. The zero-order chi connectivity index (χ0) is 12.3. The van der Waals surface area contributed by atoms with Crippen LogP contribution in [0, 0.1) is 5.92 Å². The summed E-state index contributed by atoms with van der Waals surface area (Å²) in [6.07, 6.45) is 7.41. The van der Waals surface area contributed by atoms with E-state index in [1.54, 1.807) is 6.07 Å². The first-order chi connectivity index (χ1) is 8.19. The molecule has 1 aliphatic carbocycles. The van der Waals surface area contributed by atoms with E-state index in [1.165, 1.54) is 25.5 Å². The van der Waals surface area contributed by atoms with Gasteiger partial charge in [0.05, 0.1) is 5.56 Å². The Morgan fingerprint density at radius 3 is 2.71 bits per heavy atom. The topological polar surface area (TPSA) is 42.2 Å². The number of hydrogen-bond donors (Lipinski definition) is 1. The predicted molar refractivity (Wildman–Crippen MR) is 69.9 cm³/mol. The van der Waals surface area contributed by atoms with E-state index in [-0.39, 0.29) is 5.91 Å². The third kappa shape index (κ3) is 3.35. The van der Waals surface area contributed by atoms with Gasteiger partial charge in [0.1, 0.15) is 6.26 Å². The van der Waals surface area contributed by atoms with Crippen molar-refractivity contribution < 1.29 is 9.21 Å². The molecule has 1 N–H and O–H groups in total. The van der Waals surface area contributed by atoms with Crippen LogP contribution in [0.4, 0.5) is 0 Å². The van der Waals surface area contributed by atoms with Crippen molar-refractivity contribution in [2.75, 3.05) is 0 Å². The van der Waals surface area contributed by atoms with Gasteiger partial charge < -0.3 is 9.73 Å². The van der Waals surface area contributed by atoms with Crippen molar-refractivity contribution in [3.63, 3.8) is 0 Å². The summed E-state index contributed by atoms with van der Waals surface area (Å²) in [4.78, 5) is 11.9. The highest BCUT2D eigenvalue weighted by molar-refractivity contribution is 9.10. The molecule has 1 fully saturated rings. The minimum Gasteiger partial charge on any atom is -0.457 e. The van der Waals surface area contributed by atoms with Crippen molar-refractivity contribution in [3.8, 4) is 0 Å². The van der Waals surface area contributed by atoms with E-state index in [1.807, 2.05) is 0 Å². The van der Waals surface area contributed by atoms with Gasteiger partial charge in [-0.25, -0.2) is 0 Å². The summed E-state index contributed by atoms with van der Waals surface area (Å²) in [6.45, 7) is 2.24. The molecular weight excluding hydrogens is 282 g/mol. The fraction of sp³-hybridized carbons (Fsp3) is 0.615. The smallest absolute Gasteiger partial charge is 0.254 e. The third-order valence-electron chi connectivity index (χ3n) is 3.59. The van der Waals surface area contributed by atoms with Crippen LogP contribution in [0.2, 0.25) is 0 Å². The van der Waals surface area contributed by atoms with Crippen LogP contribution in [0.25, 0.3) is 0 Å². The molecule has 0 unspecified atom stereocenters. The second-order valence-electron chi connectivity index (χ2n) is 4.74. The van der Waals surface area contributed by atoms with Crippen molar-refractivity contribution in [1.29, 1.82) is 0 Å². The molecule has 0 radical (unpaired) electrons. The highest BCUT2D eigenvalue weighted by atomic mass is 79.9. The second kappa shape index (κ2) is 5.71. The lowest BCUT2D eigenvalue weighted by atomic mass is 9.84. The van der Waals surface area contributed by atoms with Gasteiger partial charge in [0.15, 0.2) is 4.67 Å². The summed E-state index contributed by atoms with van der Waals surface area (Å²) >= 11 is 3.20. The number of rotatable bonds is 3. The van der Waals surface area contributed by atoms with E-state index in [2.05, 4.69) is 28.2 Å². The molecule has 3 nitrogen and oxygen atoms in total. The second-order valence-corrected chi connectivity index (χ2v) is 5.52. The largest absolute Gasteiger partial charge is 0.457 e. The van der Waals surface area contributed by atoms with Crippen molar-refractivity contribution in [2.45, 2.75) is 45.1 Å². The molecule has 1 aromatic heterocycles. The number of carbonyl (C=O) groups is 1. The fourth-order valence-electron chi connectivity index (χ4n) is 2.41. The Bertz CT molecular complexity index is 381. The van der Waals surface area contributed by atoms with Crippen molar-refractivity contribution >= 4 is 21.8 Å². The van der Waals surface area contributed by atoms with E-state index in [0.717, 1.165) is 18.8 Å². The van der Waals surface area contributed by atoms with Gasteiger partial charge in [-0.3, -0.25) is 4.79 Å². The van der Waals surface area contributed by atoms with Crippen LogP contribution in [0.3, 0.4) is 0 Å². The number of nitrogens with one attached hydrogen (secondary N) is 1. The summed E-state index contributed by atoms with van der Waals surface area (Å²) in [6, 6.07) is 2.03. The van der Waals surface area contributed by atoms with Gasteiger partial charge in [-0.15, -0.1) is 0 Å². The van der Waals surface area contributed by atoms with Crippen LogP contribution < -0.4 is 5.32 Å². The lowest BCUT2D eigenvalue weighted by molar-refractivity contribution is 0.0921. The molecule has 1 saturated carbocycles. The Morgan fingerprint density at radius 1 is 1.47 bits per heavy atom. The number of amides is 1. The van der Waals surface area contributed by atoms with E-state index in [0.29, 0.717) is 16.3 Å². The van der Waals surface area contributed by atoms with Crippen LogP contribution >= 0.6 is 15.9 Å². The summed E-state index contributed by atoms with van der Waals surface area (Å²) in [5.41, 5.74) is 0.592. The number of furan rings is 1. The quantitative estimate of drug-likeness (QED) is 0.924. The molecule has 0 spiro atoms. The first-order valence-corrected chi connectivity index (χ1v) is 7.03.